The maximum atomic E-state index is 12.2. The summed E-state index contributed by atoms with van der Waals surface area (Å²) in [4.78, 5) is 0.172. The number of rotatable bonds is 6. The van der Waals surface area contributed by atoms with Crippen molar-refractivity contribution in [3.63, 3.8) is 0 Å². The van der Waals surface area contributed by atoms with Crippen LogP contribution in [0.3, 0.4) is 0 Å². The van der Waals surface area contributed by atoms with Gasteiger partial charge in [0.15, 0.2) is 0 Å². The van der Waals surface area contributed by atoms with Crippen LogP contribution in [0.15, 0.2) is 57.9 Å². The SMILES string of the molecule is NCCOc1ccc(S(=O)(=O)Nc2ccc(Br)cc2)cc1. The maximum Gasteiger partial charge on any atom is 0.261 e. The molecule has 0 aromatic heterocycles. The normalized spacial score (nSPS) is 11.1. The van der Waals surface area contributed by atoms with Gasteiger partial charge in [-0.15, -0.1) is 0 Å². The molecular weight excluding hydrogens is 356 g/mol. The molecule has 112 valence electrons. The van der Waals surface area contributed by atoms with Crippen molar-refractivity contribution in [3.05, 3.63) is 53.0 Å². The zero-order valence-corrected chi connectivity index (χ0v) is 13.5. The zero-order chi connectivity index (χ0) is 15.3. The summed E-state index contributed by atoms with van der Waals surface area (Å²) in [6.07, 6.45) is 0. The summed E-state index contributed by atoms with van der Waals surface area (Å²) in [6.45, 7) is 0.800. The lowest BCUT2D eigenvalue weighted by atomic mass is 10.3. The standard InChI is InChI=1S/C14H15BrN2O3S/c15-11-1-3-12(4-2-11)17-21(18,19)14-7-5-13(6-8-14)20-10-9-16/h1-8,17H,9-10,16H2. The van der Waals surface area contributed by atoms with Crippen molar-refractivity contribution in [2.45, 2.75) is 4.90 Å². The molecule has 0 aliphatic heterocycles. The first-order valence-electron chi connectivity index (χ1n) is 6.22. The van der Waals surface area contributed by atoms with Gasteiger partial charge in [0.1, 0.15) is 12.4 Å². The Morgan fingerprint density at radius 3 is 2.24 bits per heavy atom. The van der Waals surface area contributed by atoms with Crippen LogP contribution in [-0.2, 0) is 10.0 Å². The quantitative estimate of drug-likeness (QED) is 0.818. The molecule has 3 N–H and O–H groups in total. The van der Waals surface area contributed by atoms with E-state index in [1.165, 1.54) is 12.1 Å². The lowest BCUT2D eigenvalue weighted by molar-refractivity contribution is 0.328. The minimum Gasteiger partial charge on any atom is -0.492 e. The van der Waals surface area contributed by atoms with Gasteiger partial charge in [0.05, 0.1) is 4.90 Å². The molecule has 2 aromatic rings. The van der Waals surface area contributed by atoms with Gasteiger partial charge in [-0.05, 0) is 48.5 Å². The van der Waals surface area contributed by atoms with Crippen molar-refractivity contribution in [1.82, 2.24) is 0 Å². The molecule has 0 saturated heterocycles. The predicted molar refractivity (Wildman–Crippen MR) is 85.9 cm³/mol. The van der Waals surface area contributed by atoms with E-state index in [0.29, 0.717) is 24.6 Å². The largest absolute Gasteiger partial charge is 0.492 e. The molecule has 0 spiro atoms. The second-order valence-corrected chi connectivity index (χ2v) is 6.82. The Morgan fingerprint density at radius 1 is 1.05 bits per heavy atom. The van der Waals surface area contributed by atoms with Gasteiger partial charge in [-0.3, -0.25) is 4.72 Å². The average molecular weight is 371 g/mol. The highest BCUT2D eigenvalue weighted by molar-refractivity contribution is 9.10. The minimum absolute atomic E-state index is 0.172. The highest BCUT2D eigenvalue weighted by atomic mass is 79.9. The Bertz CT molecular complexity index is 685. The monoisotopic (exact) mass is 370 g/mol. The second-order valence-electron chi connectivity index (χ2n) is 4.22. The first-order chi connectivity index (χ1) is 10.0. The molecule has 0 saturated carbocycles. The molecule has 0 atom stereocenters. The predicted octanol–water partition coefficient (Wildman–Crippen LogP) is 2.59. The number of anilines is 1. The van der Waals surface area contributed by atoms with Gasteiger partial charge in [0.2, 0.25) is 0 Å². The van der Waals surface area contributed by atoms with Crippen molar-refractivity contribution in [2.75, 3.05) is 17.9 Å². The van der Waals surface area contributed by atoms with E-state index in [0.717, 1.165) is 4.47 Å². The number of nitrogens with two attached hydrogens (primary N) is 1. The number of benzene rings is 2. The van der Waals surface area contributed by atoms with Crippen LogP contribution in [0, 0.1) is 0 Å². The fourth-order valence-corrected chi connectivity index (χ4v) is 2.95. The van der Waals surface area contributed by atoms with Gasteiger partial charge < -0.3 is 10.5 Å². The van der Waals surface area contributed by atoms with Crippen molar-refractivity contribution in [1.29, 1.82) is 0 Å². The van der Waals surface area contributed by atoms with E-state index in [2.05, 4.69) is 20.7 Å². The summed E-state index contributed by atoms with van der Waals surface area (Å²) in [5.74, 6) is 0.586. The van der Waals surface area contributed by atoms with Crippen LogP contribution in [0.2, 0.25) is 0 Å². The maximum absolute atomic E-state index is 12.2. The summed E-state index contributed by atoms with van der Waals surface area (Å²) in [5.41, 5.74) is 5.84. The van der Waals surface area contributed by atoms with Crippen LogP contribution in [0.1, 0.15) is 0 Å². The summed E-state index contributed by atoms with van der Waals surface area (Å²) in [7, 11) is -3.61. The molecule has 2 aromatic carbocycles. The van der Waals surface area contributed by atoms with Gasteiger partial charge >= 0.3 is 0 Å². The van der Waals surface area contributed by atoms with E-state index in [1.54, 1.807) is 36.4 Å². The molecule has 7 heteroatoms. The first kappa shape index (κ1) is 15.8. The molecule has 5 nitrogen and oxygen atoms in total. The molecule has 0 fully saturated rings. The van der Waals surface area contributed by atoms with Crippen molar-refractivity contribution in [3.8, 4) is 5.75 Å². The number of hydrogen-bond donors (Lipinski definition) is 2. The number of sulfonamides is 1. The number of halogens is 1. The summed E-state index contributed by atoms with van der Waals surface area (Å²) < 4.78 is 33.2. The van der Waals surface area contributed by atoms with E-state index < -0.39 is 10.0 Å². The van der Waals surface area contributed by atoms with E-state index in [1.807, 2.05) is 0 Å². The minimum atomic E-state index is -3.61. The average Bonchev–Trinajstić information content (AvgIpc) is 2.48. The van der Waals surface area contributed by atoms with E-state index in [4.69, 9.17) is 10.5 Å². The van der Waals surface area contributed by atoms with E-state index in [9.17, 15) is 8.42 Å². The lowest BCUT2D eigenvalue weighted by Gasteiger charge is -2.09. The van der Waals surface area contributed by atoms with Crippen LogP contribution in [-0.4, -0.2) is 21.6 Å². The Balaban J connectivity index is 2.13. The molecule has 0 radical (unpaired) electrons. The van der Waals surface area contributed by atoms with Crippen LogP contribution in [0.25, 0.3) is 0 Å². The number of hydrogen-bond acceptors (Lipinski definition) is 4. The Labute approximate surface area is 132 Å². The molecule has 0 aliphatic carbocycles. The Morgan fingerprint density at radius 2 is 1.67 bits per heavy atom. The molecule has 2 rings (SSSR count). The topological polar surface area (TPSA) is 81.4 Å². The third kappa shape index (κ3) is 4.45. The Hall–Kier alpha value is -1.57. The van der Waals surface area contributed by atoms with Crippen molar-refractivity contribution < 1.29 is 13.2 Å². The zero-order valence-electron chi connectivity index (χ0n) is 11.1. The summed E-state index contributed by atoms with van der Waals surface area (Å²) in [6, 6.07) is 13.1. The molecular formula is C14H15BrN2O3S. The van der Waals surface area contributed by atoms with Crippen molar-refractivity contribution >= 4 is 31.6 Å². The highest BCUT2D eigenvalue weighted by Gasteiger charge is 2.14. The van der Waals surface area contributed by atoms with E-state index in [-0.39, 0.29) is 4.90 Å². The van der Waals surface area contributed by atoms with Gasteiger partial charge in [-0.25, -0.2) is 8.42 Å². The van der Waals surface area contributed by atoms with E-state index >= 15 is 0 Å². The Kier molecular flexibility index (Phi) is 5.22. The fourth-order valence-electron chi connectivity index (χ4n) is 1.62. The third-order valence-electron chi connectivity index (χ3n) is 2.62. The number of nitrogens with one attached hydrogen (secondary N) is 1. The second kappa shape index (κ2) is 6.93. The van der Waals surface area contributed by atoms with Crippen LogP contribution in [0.5, 0.6) is 5.75 Å². The van der Waals surface area contributed by atoms with Gasteiger partial charge in [0.25, 0.3) is 10.0 Å². The highest BCUT2D eigenvalue weighted by Crippen LogP contribution is 2.20. The fraction of sp³-hybridized carbons (Fsp3) is 0.143. The molecule has 0 amide bonds. The third-order valence-corrected chi connectivity index (χ3v) is 4.54. The van der Waals surface area contributed by atoms with Crippen molar-refractivity contribution in [2.24, 2.45) is 5.73 Å². The molecule has 0 heterocycles. The summed E-state index contributed by atoms with van der Waals surface area (Å²) >= 11 is 3.30. The molecule has 0 unspecified atom stereocenters. The molecule has 21 heavy (non-hydrogen) atoms. The van der Waals surface area contributed by atoms with Crippen LogP contribution < -0.4 is 15.2 Å². The van der Waals surface area contributed by atoms with Crippen LogP contribution in [0.4, 0.5) is 5.69 Å². The number of ether oxygens (including phenoxy) is 1. The summed E-state index contributed by atoms with van der Waals surface area (Å²) in [5, 5.41) is 0. The van der Waals surface area contributed by atoms with Gasteiger partial charge in [0, 0.05) is 16.7 Å². The van der Waals surface area contributed by atoms with Crippen LogP contribution >= 0.6 is 15.9 Å². The first-order valence-corrected chi connectivity index (χ1v) is 8.50. The van der Waals surface area contributed by atoms with Gasteiger partial charge in [-0.2, -0.15) is 0 Å². The smallest absolute Gasteiger partial charge is 0.261 e. The molecule has 0 bridgehead atoms. The van der Waals surface area contributed by atoms with Gasteiger partial charge in [-0.1, -0.05) is 15.9 Å². The molecule has 0 aliphatic rings. The lowest BCUT2D eigenvalue weighted by Crippen LogP contribution is -2.13.